The Morgan fingerprint density at radius 3 is 2.13 bits per heavy atom. The van der Waals surface area contributed by atoms with Gasteiger partial charge in [0.25, 0.3) is 0 Å². The molecule has 0 spiro atoms. The van der Waals surface area contributed by atoms with E-state index in [-0.39, 0.29) is 0 Å². The number of rotatable bonds is 5. The van der Waals surface area contributed by atoms with Crippen molar-refractivity contribution < 1.29 is 24.2 Å². The van der Waals surface area contributed by atoms with E-state index in [9.17, 15) is 14.7 Å². The van der Waals surface area contributed by atoms with Gasteiger partial charge in [-0.2, -0.15) is 0 Å². The molecule has 2 aromatic rings. The fourth-order valence-electron chi connectivity index (χ4n) is 2.89. The summed E-state index contributed by atoms with van der Waals surface area (Å²) in [5.74, 6) is 0. The standard InChI is InChI=1S/C23H32N2O5/c1-22(2,3)29-20(27)24-17(15-16-11-8-7-9-12-16)19(26)18-13-10-14-25(18)21(28)30-23(4,5)6/h7-14,17,19,26H,15H2,1-6H3,(H,24,27). The van der Waals surface area contributed by atoms with Gasteiger partial charge in [-0.3, -0.25) is 4.57 Å². The number of nitrogens with one attached hydrogen (secondary N) is 1. The molecule has 0 aliphatic heterocycles. The lowest BCUT2D eigenvalue weighted by molar-refractivity contribution is 0.0399. The molecule has 2 atom stereocenters. The summed E-state index contributed by atoms with van der Waals surface area (Å²) in [6.07, 6.45) is -0.532. The number of carbonyl (C=O) groups is 2. The van der Waals surface area contributed by atoms with Gasteiger partial charge in [0.05, 0.1) is 11.7 Å². The summed E-state index contributed by atoms with van der Waals surface area (Å²) < 4.78 is 12.0. The molecule has 2 unspecified atom stereocenters. The van der Waals surface area contributed by atoms with Crippen LogP contribution in [-0.4, -0.2) is 39.1 Å². The van der Waals surface area contributed by atoms with E-state index in [1.807, 2.05) is 30.3 Å². The zero-order valence-electron chi connectivity index (χ0n) is 18.5. The topological polar surface area (TPSA) is 89.8 Å². The van der Waals surface area contributed by atoms with Crippen LogP contribution in [0.1, 0.15) is 58.9 Å². The SMILES string of the molecule is CC(C)(C)OC(=O)NC(Cc1ccccc1)C(O)c1cccn1C(=O)OC(C)(C)C. The third-order valence-corrected chi connectivity index (χ3v) is 4.06. The van der Waals surface area contributed by atoms with E-state index < -0.39 is 35.5 Å². The van der Waals surface area contributed by atoms with Crippen LogP contribution in [-0.2, 0) is 15.9 Å². The molecule has 2 rings (SSSR count). The van der Waals surface area contributed by atoms with Crippen LogP contribution in [0, 0.1) is 0 Å². The Morgan fingerprint density at radius 1 is 0.967 bits per heavy atom. The molecule has 0 saturated heterocycles. The maximum absolute atomic E-state index is 12.6. The molecule has 1 amide bonds. The molecule has 2 N–H and O–H groups in total. The first-order chi connectivity index (χ1) is 13.9. The van der Waals surface area contributed by atoms with Crippen LogP contribution in [0.15, 0.2) is 48.7 Å². The van der Waals surface area contributed by atoms with Gasteiger partial charge in [0.2, 0.25) is 0 Å². The number of hydrogen-bond acceptors (Lipinski definition) is 5. The van der Waals surface area contributed by atoms with Gasteiger partial charge in [0.15, 0.2) is 0 Å². The normalized spacial score (nSPS) is 14.0. The number of ether oxygens (including phenoxy) is 2. The molecule has 7 nitrogen and oxygen atoms in total. The smallest absolute Gasteiger partial charge is 0.418 e. The maximum atomic E-state index is 12.6. The molecular weight excluding hydrogens is 384 g/mol. The summed E-state index contributed by atoms with van der Waals surface area (Å²) in [4.78, 5) is 25.0. The average molecular weight is 417 g/mol. The van der Waals surface area contributed by atoms with E-state index in [0.717, 1.165) is 5.56 Å². The van der Waals surface area contributed by atoms with Gasteiger partial charge in [-0.15, -0.1) is 0 Å². The van der Waals surface area contributed by atoms with E-state index in [2.05, 4.69) is 5.32 Å². The van der Waals surface area contributed by atoms with E-state index >= 15 is 0 Å². The summed E-state index contributed by atoms with van der Waals surface area (Å²) in [6.45, 7) is 10.6. The number of aliphatic hydroxyl groups excluding tert-OH is 1. The Labute approximate surface area is 178 Å². The van der Waals surface area contributed by atoms with Crippen LogP contribution in [0.4, 0.5) is 9.59 Å². The van der Waals surface area contributed by atoms with Crippen molar-refractivity contribution in [2.45, 2.75) is 71.3 Å². The van der Waals surface area contributed by atoms with E-state index in [1.165, 1.54) is 10.8 Å². The van der Waals surface area contributed by atoms with Crippen molar-refractivity contribution in [2.75, 3.05) is 0 Å². The second-order valence-electron chi connectivity index (χ2n) is 9.17. The van der Waals surface area contributed by atoms with E-state index in [4.69, 9.17) is 9.47 Å². The summed E-state index contributed by atoms with van der Waals surface area (Å²) in [6, 6.07) is 12.0. The van der Waals surface area contributed by atoms with Crippen molar-refractivity contribution in [3.8, 4) is 0 Å². The van der Waals surface area contributed by atoms with Crippen LogP contribution >= 0.6 is 0 Å². The molecule has 0 aliphatic carbocycles. The highest BCUT2D eigenvalue weighted by atomic mass is 16.6. The van der Waals surface area contributed by atoms with Gasteiger partial charge in [-0.1, -0.05) is 30.3 Å². The fraction of sp³-hybridized carbons (Fsp3) is 0.478. The number of amides is 1. The van der Waals surface area contributed by atoms with Crippen molar-refractivity contribution in [3.05, 3.63) is 59.9 Å². The number of aromatic nitrogens is 1. The molecule has 1 heterocycles. The lowest BCUT2D eigenvalue weighted by Crippen LogP contribution is -2.44. The van der Waals surface area contributed by atoms with Crippen LogP contribution in [0.5, 0.6) is 0 Å². The highest BCUT2D eigenvalue weighted by molar-refractivity contribution is 5.72. The molecule has 30 heavy (non-hydrogen) atoms. The van der Waals surface area contributed by atoms with Crippen LogP contribution in [0.25, 0.3) is 0 Å². The van der Waals surface area contributed by atoms with Crippen molar-refractivity contribution >= 4 is 12.2 Å². The van der Waals surface area contributed by atoms with Gasteiger partial charge in [0.1, 0.15) is 17.3 Å². The Morgan fingerprint density at radius 2 is 1.57 bits per heavy atom. The predicted octanol–water partition coefficient (Wildman–Crippen LogP) is 4.44. The number of aliphatic hydroxyl groups is 1. The first-order valence-electron chi connectivity index (χ1n) is 9.98. The molecule has 1 aromatic heterocycles. The molecule has 0 radical (unpaired) electrons. The maximum Gasteiger partial charge on any atom is 0.418 e. The summed E-state index contributed by atoms with van der Waals surface area (Å²) in [7, 11) is 0. The molecule has 1 aromatic carbocycles. The van der Waals surface area contributed by atoms with Gasteiger partial charge in [-0.25, -0.2) is 9.59 Å². The minimum absolute atomic E-state index is 0.321. The highest BCUT2D eigenvalue weighted by Crippen LogP contribution is 2.23. The number of hydrogen-bond donors (Lipinski definition) is 2. The zero-order chi connectivity index (χ0) is 22.5. The first kappa shape index (κ1) is 23.5. The average Bonchev–Trinajstić information content (AvgIpc) is 3.08. The van der Waals surface area contributed by atoms with Gasteiger partial charge in [0, 0.05) is 6.20 Å². The minimum Gasteiger partial charge on any atom is -0.444 e. The molecule has 0 saturated carbocycles. The molecule has 0 aliphatic rings. The van der Waals surface area contributed by atoms with Crippen LogP contribution in [0.2, 0.25) is 0 Å². The largest absolute Gasteiger partial charge is 0.444 e. The second-order valence-corrected chi connectivity index (χ2v) is 9.17. The third-order valence-electron chi connectivity index (χ3n) is 4.06. The first-order valence-corrected chi connectivity index (χ1v) is 9.98. The van der Waals surface area contributed by atoms with Gasteiger partial charge in [-0.05, 0) is 65.7 Å². The van der Waals surface area contributed by atoms with E-state index in [1.54, 1.807) is 53.7 Å². The second kappa shape index (κ2) is 9.34. The number of benzene rings is 1. The van der Waals surface area contributed by atoms with Crippen molar-refractivity contribution in [1.82, 2.24) is 9.88 Å². The van der Waals surface area contributed by atoms with Crippen molar-refractivity contribution in [2.24, 2.45) is 0 Å². The lowest BCUT2D eigenvalue weighted by atomic mass is 9.99. The number of nitrogens with zero attached hydrogens (tertiary/aromatic N) is 1. The molecule has 0 bridgehead atoms. The predicted molar refractivity (Wildman–Crippen MR) is 114 cm³/mol. The van der Waals surface area contributed by atoms with Crippen molar-refractivity contribution in [3.63, 3.8) is 0 Å². The van der Waals surface area contributed by atoms with Crippen molar-refractivity contribution in [1.29, 1.82) is 0 Å². The number of alkyl carbamates (subject to hydrolysis) is 1. The quantitative estimate of drug-likeness (QED) is 0.752. The lowest BCUT2D eigenvalue weighted by Gasteiger charge is -2.28. The Hall–Kier alpha value is -2.80. The number of carbonyl (C=O) groups excluding carboxylic acids is 2. The van der Waals surface area contributed by atoms with E-state index in [0.29, 0.717) is 12.1 Å². The third kappa shape index (κ3) is 7.22. The highest BCUT2D eigenvalue weighted by Gasteiger charge is 2.30. The Balaban J connectivity index is 2.28. The van der Waals surface area contributed by atoms with Crippen LogP contribution in [0.3, 0.4) is 0 Å². The van der Waals surface area contributed by atoms with Gasteiger partial charge >= 0.3 is 12.2 Å². The Bertz CT molecular complexity index is 846. The molecule has 0 fully saturated rings. The summed E-state index contributed by atoms with van der Waals surface area (Å²) >= 11 is 0. The molecule has 164 valence electrons. The molecular formula is C23H32N2O5. The molecule has 7 heteroatoms. The monoisotopic (exact) mass is 416 g/mol. The van der Waals surface area contributed by atoms with Crippen LogP contribution < -0.4 is 5.32 Å². The Kier molecular flexibility index (Phi) is 7.31. The zero-order valence-corrected chi connectivity index (χ0v) is 18.5. The summed E-state index contributed by atoms with van der Waals surface area (Å²) in [5, 5.41) is 13.9. The minimum atomic E-state index is -1.17. The fourth-order valence-corrected chi connectivity index (χ4v) is 2.89. The summed E-state index contributed by atoms with van der Waals surface area (Å²) in [5.41, 5.74) is -0.112. The van der Waals surface area contributed by atoms with Gasteiger partial charge < -0.3 is 19.9 Å².